The van der Waals surface area contributed by atoms with E-state index in [1.165, 1.54) is 12.1 Å². The molecule has 13 heteroatoms. The number of nitrogens with zero attached hydrogens (tertiary/aromatic N) is 1. The van der Waals surface area contributed by atoms with E-state index in [9.17, 15) is 29.4 Å². The first-order valence-electron chi connectivity index (χ1n) is 13.5. The van der Waals surface area contributed by atoms with Crippen LogP contribution in [0.15, 0.2) is 29.3 Å². The minimum Gasteiger partial charge on any atom is -0.508 e. The summed E-state index contributed by atoms with van der Waals surface area (Å²) in [6, 6.07) is 1.90. The summed E-state index contributed by atoms with van der Waals surface area (Å²) in [6.07, 6.45) is 1.32. The highest BCUT2D eigenvalue weighted by Gasteiger charge is 2.31. The van der Waals surface area contributed by atoms with Crippen LogP contribution in [-0.2, 0) is 25.6 Å². The number of nitrogens with one attached hydrogen (secondary N) is 3. The number of carbonyl (C=O) groups excluding carboxylic acids is 3. The Hall–Kier alpha value is -3.87. The molecule has 5 atom stereocenters. The normalized spacial score (nSPS) is 14.8. The van der Waals surface area contributed by atoms with Crippen molar-refractivity contribution >= 4 is 29.7 Å². The van der Waals surface area contributed by atoms with Gasteiger partial charge >= 0.3 is 5.97 Å². The van der Waals surface area contributed by atoms with Gasteiger partial charge in [-0.25, -0.2) is 4.79 Å². The molecule has 11 N–H and O–H groups in total. The fraction of sp³-hybridized carbons (Fsp3) is 0.593. The Balaban J connectivity index is 3.21. The molecule has 0 radical (unpaired) electrons. The summed E-state index contributed by atoms with van der Waals surface area (Å²) >= 11 is 0. The van der Waals surface area contributed by atoms with Crippen LogP contribution in [0, 0.1) is 11.8 Å². The fourth-order valence-corrected chi connectivity index (χ4v) is 3.87. The molecule has 0 saturated carbocycles. The average Bonchev–Trinajstić information content (AvgIpc) is 2.89. The third-order valence-electron chi connectivity index (χ3n) is 6.47. The maximum Gasteiger partial charge on any atom is 0.326 e. The number of hydrogen-bond acceptors (Lipinski definition) is 7. The molecule has 1 rings (SSSR count). The van der Waals surface area contributed by atoms with Crippen LogP contribution in [0.5, 0.6) is 5.75 Å². The fourth-order valence-electron chi connectivity index (χ4n) is 3.87. The zero-order valence-corrected chi connectivity index (χ0v) is 23.7. The van der Waals surface area contributed by atoms with Crippen molar-refractivity contribution in [3.63, 3.8) is 0 Å². The Morgan fingerprint density at radius 2 is 1.45 bits per heavy atom. The first-order chi connectivity index (χ1) is 18.7. The summed E-state index contributed by atoms with van der Waals surface area (Å²) in [7, 11) is 0. The molecule has 13 nitrogen and oxygen atoms in total. The molecule has 0 aliphatic rings. The number of benzene rings is 1. The van der Waals surface area contributed by atoms with E-state index in [2.05, 4.69) is 20.9 Å². The van der Waals surface area contributed by atoms with Gasteiger partial charge in [0.05, 0.1) is 6.04 Å². The smallest absolute Gasteiger partial charge is 0.326 e. The number of aliphatic imine (C=N–C) groups is 1. The Labute approximate surface area is 235 Å². The molecule has 5 unspecified atom stereocenters. The van der Waals surface area contributed by atoms with Crippen molar-refractivity contribution in [3.8, 4) is 5.75 Å². The highest BCUT2D eigenvalue weighted by atomic mass is 16.4. The summed E-state index contributed by atoms with van der Waals surface area (Å²) < 4.78 is 0. The van der Waals surface area contributed by atoms with Crippen LogP contribution in [0.25, 0.3) is 0 Å². The lowest BCUT2D eigenvalue weighted by Crippen LogP contribution is -2.58. The maximum absolute atomic E-state index is 13.5. The monoisotopic (exact) mass is 563 g/mol. The minimum atomic E-state index is -1.19. The third kappa shape index (κ3) is 12.3. The van der Waals surface area contributed by atoms with Gasteiger partial charge in [-0.05, 0) is 48.8 Å². The molecular weight excluding hydrogens is 518 g/mol. The number of carboxylic acids is 1. The molecule has 0 bridgehead atoms. The Bertz CT molecular complexity index is 1010. The standard InChI is InChI=1S/C27H45N7O6/c1-5-16(4)22(28)25(38)33-20(14-17-8-10-18(35)11-9-17)24(37)32-19(7-6-12-31-27(29)30)23(36)34-21(26(39)40)13-15(2)3/h8-11,15-16,19-22,35H,5-7,12-14,28H2,1-4H3,(H,32,37)(H,33,38)(H,34,36)(H,39,40)(H4,29,30,31). The molecule has 0 heterocycles. The summed E-state index contributed by atoms with van der Waals surface area (Å²) in [5.74, 6) is -3.28. The number of phenols is 1. The molecule has 3 amide bonds. The molecule has 0 aliphatic heterocycles. The van der Waals surface area contributed by atoms with Crippen LogP contribution in [-0.4, -0.2) is 70.6 Å². The van der Waals surface area contributed by atoms with Gasteiger partial charge in [-0.2, -0.15) is 0 Å². The van der Waals surface area contributed by atoms with Crippen molar-refractivity contribution in [2.45, 2.75) is 84.0 Å². The number of hydrogen-bond donors (Lipinski definition) is 8. The molecule has 1 aromatic carbocycles. The first-order valence-corrected chi connectivity index (χ1v) is 13.5. The lowest BCUT2D eigenvalue weighted by atomic mass is 9.98. The van der Waals surface area contributed by atoms with Crippen LogP contribution < -0.4 is 33.2 Å². The van der Waals surface area contributed by atoms with E-state index in [-0.39, 0.29) is 49.4 Å². The largest absolute Gasteiger partial charge is 0.508 e. The minimum absolute atomic E-state index is 0.00377. The zero-order chi connectivity index (χ0) is 30.4. The van der Waals surface area contributed by atoms with Gasteiger partial charge in [0.2, 0.25) is 17.7 Å². The van der Waals surface area contributed by atoms with Gasteiger partial charge in [0.1, 0.15) is 23.9 Å². The highest BCUT2D eigenvalue weighted by Crippen LogP contribution is 2.13. The van der Waals surface area contributed by atoms with Crippen molar-refractivity contribution < 1.29 is 29.4 Å². The van der Waals surface area contributed by atoms with Crippen LogP contribution >= 0.6 is 0 Å². The summed E-state index contributed by atoms with van der Waals surface area (Å²) in [6.45, 7) is 7.57. The van der Waals surface area contributed by atoms with Crippen LogP contribution in [0.4, 0.5) is 0 Å². The van der Waals surface area contributed by atoms with E-state index in [0.717, 1.165) is 0 Å². The number of nitrogens with two attached hydrogens (primary N) is 3. The van der Waals surface area contributed by atoms with Crippen molar-refractivity contribution in [3.05, 3.63) is 29.8 Å². The third-order valence-corrected chi connectivity index (χ3v) is 6.47. The van der Waals surface area contributed by atoms with E-state index in [4.69, 9.17) is 17.2 Å². The van der Waals surface area contributed by atoms with Crippen molar-refractivity contribution in [1.82, 2.24) is 16.0 Å². The Kier molecular flexibility index (Phi) is 14.5. The number of rotatable bonds is 17. The molecule has 0 fully saturated rings. The second-order valence-electron chi connectivity index (χ2n) is 10.4. The number of carboxylic acid groups (broad SMARTS) is 1. The van der Waals surface area contributed by atoms with Gasteiger partial charge in [-0.3, -0.25) is 19.4 Å². The molecule has 224 valence electrons. The summed E-state index contributed by atoms with van der Waals surface area (Å²) in [5.41, 5.74) is 17.5. The molecule has 1 aromatic rings. The topological polar surface area (TPSA) is 235 Å². The Morgan fingerprint density at radius 3 is 1.98 bits per heavy atom. The van der Waals surface area contributed by atoms with E-state index in [0.29, 0.717) is 18.4 Å². The molecular formula is C27H45N7O6. The molecule has 40 heavy (non-hydrogen) atoms. The van der Waals surface area contributed by atoms with Gasteiger partial charge in [0.15, 0.2) is 5.96 Å². The predicted octanol–water partition coefficient (Wildman–Crippen LogP) is -0.0532. The number of phenolic OH excluding ortho intramolecular Hbond substituents is 1. The van der Waals surface area contributed by atoms with Crippen LogP contribution in [0.3, 0.4) is 0 Å². The number of guanidine groups is 1. The van der Waals surface area contributed by atoms with Crippen molar-refractivity contribution in [2.24, 2.45) is 34.0 Å². The SMILES string of the molecule is CCC(C)C(N)C(=O)NC(Cc1ccc(O)cc1)C(=O)NC(CCCN=C(N)N)C(=O)NC(CC(C)C)C(=O)O. The van der Waals surface area contributed by atoms with Gasteiger partial charge in [0.25, 0.3) is 0 Å². The molecule has 0 spiro atoms. The second-order valence-corrected chi connectivity index (χ2v) is 10.4. The van der Waals surface area contributed by atoms with Crippen LogP contribution in [0.1, 0.15) is 58.9 Å². The van der Waals surface area contributed by atoms with Crippen LogP contribution in [0.2, 0.25) is 0 Å². The molecule has 0 saturated heterocycles. The number of carbonyl (C=O) groups is 4. The van der Waals surface area contributed by atoms with E-state index >= 15 is 0 Å². The molecule has 0 aliphatic carbocycles. The first kappa shape index (κ1) is 34.2. The van der Waals surface area contributed by atoms with Gasteiger partial charge in [-0.15, -0.1) is 0 Å². The van der Waals surface area contributed by atoms with Gasteiger partial charge in [0, 0.05) is 13.0 Å². The Morgan fingerprint density at radius 1 is 0.900 bits per heavy atom. The number of aliphatic carboxylic acids is 1. The summed E-state index contributed by atoms with van der Waals surface area (Å²) in [5, 5.41) is 27.0. The average molecular weight is 564 g/mol. The van der Waals surface area contributed by atoms with Crippen molar-refractivity contribution in [2.75, 3.05) is 6.54 Å². The summed E-state index contributed by atoms with van der Waals surface area (Å²) in [4.78, 5) is 55.2. The maximum atomic E-state index is 13.5. The second kappa shape index (κ2) is 17.0. The quantitative estimate of drug-likeness (QED) is 0.0719. The molecule has 0 aromatic heterocycles. The van der Waals surface area contributed by atoms with Gasteiger partial charge < -0.3 is 43.4 Å². The van der Waals surface area contributed by atoms with E-state index in [1.807, 2.05) is 27.7 Å². The number of amides is 3. The predicted molar refractivity (Wildman–Crippen MR) is 152 cm³/mol. The van der Waals surface area contributed by atoms with E-state index in [1.54, 1.807) is 12.1 Å². The lowest BCUT2D eigenvalue weighted by molar-refractivity contribution is -0.142. The van der Waals surface area contributed by atoms with Gasteiger partial charge in [-0.1, -0.05) is 46.2 Å². The zero-order valence-electron chi connectivity index (χ0n) is 23.7. The van der Waals surface area contributed by atoms with Crippen molar-refractivity contribution in [1.29, 1.82) is 0 Å². The number of aromatic hydroxyl groups is 1. The highest BCUT2D eigenvalue weighted by molar-refractivity contribution is 5.94. The lowest BCUT2D eigenvalue weighted by Gasteiger charge is -2.26. The van der Waals surface area contributed by atoms with E-state index < -0.39 is 47.9 Å².